The zero-order valence-corrected chi connectivity index (χ0v) is 8.60. The van der Waals surface area contributed by atoms with Crippen molar-refractivity contribution in [3.8, 4) is 0 Å². The molecular formula is C10H12N4O2. The fourth-order valence-corrected chi connectivity index (χ4v) is 1.34. The summed E-state index contributed by atoms with van der Waals surface area (Å²) in [6.45, 7) is 0.526. The summed E-state index contributed by atoms with van der Waals surface area (Å²) >= 11 is 0. The number of H-pyrrole nitrogens is 1. The predicted octanol–water partition coefficient (Wildman–Crippen LogP) is 0.0701. The van der Waals surface area contributed by atoms with Gasteiger partial charge in [0.25, 0.3) is 5.91 Å². The number of fused-ring (bicyclic) bond motifs is 1. The van der Waals surface area contributed by atoms with Crippen LogP contribution in [-0.4, -0.2) is 39.3 Å². The number of amides is 1. The van der Waals surface area contributed by atoms with Crippen LogP contribution in [-0.2, 0) is 0 Å². The van der Waals surface area contributed by atoms with Gasteiger partial charge in [0.2, 0.25) is 0 Å². The normalized spacial score (nSPS) is 10.6. The molecule has 0 aromatic carbocycles. The molecule has 0 aliphatic heterocycles. The van der Waals surface area contributed by atoms with Crippen LogP contribution in [0, 0.1) is 0 Å². The number of nitrogens with one attached hydrogen (secondary N) is 2. The zero-order chi connectivity index (χ0) is 11.4. The SMILES string of the molecule is O=C(NCCCO)c1cnc2[nH]ncc2c1. The van der Waals surface area contributed by atoms with E-state index in [0.29, 0.717) is 24.2 Å². The number of hydrogen-bond acceptors (Lipinski definition) is 4. The van der Waals surface area contributed by atoms with Gasteiger partial charge >= 0.3 is 0 Å². The van der Waals surface area contributed by atoms with E-state index in [0.717, 1.165) is 5.39 Å². The average Bonchev–Trinajstić information content (AvgIpc) is 2.76. The van der Waals surface area contributed by atoms with Gasteiger partial charge in [0.15, 0.2) is 5.65 Å². The van der Waals surface area contributed by atoms with Crippen molar-refractivity contribution >= 4 is 16.9 Å². The summed E-state index contributed by atoms with van der Waals surface area (Å²) in [4.78, 5) is 15.7. The van der Waals surface area contributed by atoms with E-state index in [1.54, 1.807) is 12.3 Å². The maximum Gasteiger partial charge on any atom is 0.252 e. The molecule has 0 aliphatic rings. The Balaban J connectivity index is 2.10. The second-order valence-corrected chi connectivity index (χ2v) is 3.36. The van der Waals surface area contributed by atoms with E-state index in [9.17, 15) is 4.79 Å². The van der Waals surface area contributed by atoms with Gasteiger partial charge in [-0.2, -0.15) is 5.10 Å². The van der Waals surface area contributed by atoms with Crippen molar-refractivity contribution in [1.82, 2.24) is 20.5 Å². The van der Waals surface area contributed by atoms with Crippen LogP contribution in [0.1, 0.15) is 16.8 Å². The lowest BCUT2D eigenvalue weighted by atomic mass is 10.2. The van der Waals surface area contributed by atoms with Gasteiger partial charge in [-0.15, -0.1) is 0 Å². The molecule has 6 heteroatoms. The summed E-state index contributed by atoms with van der Waals surface area (Å²) in [5.41, 5.74) is 1.15. The molecule has 2 rings (SSSR count). The fraction of sp³-hybridized carbons (Fsp3) is 0.300. The molecule has 2 aromatic rings. The predicted molar refractivity (Wildman–Crippen MR) is 57.9 cm³/mol. The van der Waals surface area contributed by atoms with Crippen LogP contribution < -0.4 is 5.32 Å². The van der Waals surface area contributed by atoms with Crippen molar-refractivity contribution in [3.05, 3.63) is 24.0 Å². The Labute approximate surface area is 91.7 Å². The maximum absolute atomic E-state index is 11.6. The highest BCUT2D eigenvalue weighted by molar-refractivity contribution is 5.96. The van der Waals surface area contributed by atoms with Gasteiger partial charge in [-0.25, -0.2) is 4.98 Å². The molecule has 1 amide bonds. The second kappa shape index (κ2) is 4.71. The van der Waals surface area contributed by atoms with E-state index in [1.807, 2.05) is 0 Å². The fourth-order valence-electron chi connectivity index (χ4n) is 1.34. The third-order valence-corrected chi connectivity index (χ3v) is 2.17. The molecule has 0 atom stereocenters. The van der Waals surface area contributed by atoms with E-state index >= 15 is 0 Å². The first-order chi connectivity index (χ1) is 7.81. The third-order valence-electron chi connectivity index (χ3n) is 2.17. The topological polar surface area (TPSA) is 90.9 Å². The van der Waals surface area contributed by atoms with Crippen molar-refractivity contribution in [2.75, 3.05) is 13.2 Å². The largest absolute Gasteiger partial charge is 0.396 e. The van der Waals surface area contributed by atoms with Crippen LogP contribution >= 0.6 is 0 Å². The smallest absolute Gasteiger partial charge is 0.252 e. The second-order valence-electron chi connectivity index (χ2n) is 3.36. The lowest BCUT2D eigenvalue weighted by molar-refractivity contribution is 0.0951. The van der Waals surface area contributed by atoms with Crippen LogP contribution in [0.2, 0.25) is 0 Å². The highest BCUT2D eigenvalue weighted by Crippen LogP contribution is 2.09. The third kappa shape index (κ3) is 2.17. The van der Waals surface area contributed by atoms with Crippen molar-refractivity contribution < 1.29 is 9.90 Å². The molecule has 2 aromatic heterocycles. The van der Waals surface area contributed by atoms with Crippen molar-refractivity contribution in [2.24, 2.45) is 0 Å². The molecule has 2 heterocycles. The Morgan fingerprint density at radius 2 is 2.38 bits per heavy atom. The summed E-state index contributed by atoms with van der Waals surface area (Å²) in [6.07, 6.45) is 3.66. The molecule has 16 heavy (non-hydrogen) atoms. The van der Waals surface area contributed by atoms with Crippen LogP contribution in [0.25, 0.3) is 11.0 Å². The number of pyridine rings is 1. The summed E-state index contributed by atoms with van der Waals surface area (Å²) in [5, 5.41) is 18.6. The first kappa shape index (κ1) is 10.6. The molecular weight excluding hydrogens is 208 g/mol. The number of aromatic nitrogens is 3. The molecule has 0 aliphatic carbocycles. The summed E-state index contributed by atoms with van der Waals surface area (Å²) in [6, 6.07) is 1.72. The number of carbonyl (C=O) groups is 1. The van der Waals surface area contributed by atoms with E-state index in [2.05, 4.69) is 20.5 Å². The van der Waals surface area contributed by atoms with Gasteiger partial charge in [-0.1, -0.05) is 0 Å². The minimum absolute atomic E-state index is 0.0687. The Kier molecular flexibility index (Phi) is 3.11. The van der Waals surface area contributed by atoms with E-state index < -0.39 is 0 Å². The first-order valence-electron chi connectivity index (χ1n) is 4.99. The number of carbonyl (C=O) groups excluding carboxylic acids is 1. The standard InChI is InChI=1S/C10H12N4O2/c15-3-1-2-11-10(16)8-4-7-6-13-14-9(7)12-5-8/h4-6,15H,1-3H2,(H,11,16)(H,12,13,14). The Morgan fingerprint density at radius 3 is 3.19 bits per heavy atom. The van der Waals surface area contributed by atoms with E-state index in [1.165, 1.54) is 6.20 Å². The van der Waals surface area contributed by atoms with Crippen LogP contribution in [0.15, 0.2) is 18.5 Å². The summed E-state index contributed by atoms with van der Waals surface area (Å²) < 4.78 is 0. The highest BCUT2D eigenvalue weighted by atomic mass is 16.3. The van der Waals surface area contributed by atoms with Crippen LogP contribution in [0.4, 0.5) is 0 Å². The van der Waals surface area contributed by atoms with E-state index in [4.69, 9.17) is 5.11 Å². The van der Waals surface area contributed by atoms with Gasteiger partial charge in [0.05, 0.1) is 11.8 Å². The van der Waals surface area contributed by atoms with Gasteiger partial charge < -0.3 is 10.4 Å². The van der Waals surface area contributed by atoms with Crippen molar-refractivity contribution in [2.45, 2.75) is 6.42 Å². The molecule has 6 nitrogen and oxygen atoms in total. The molecule has 0 saturated heterocycles. The highest BCUT2D eigenvalue weighted by Gasteiger charge is 2.06. The number of hydrogen-bond donors (Lipinski definition) is 3. The Hall–Kier alpha value is -1.95. The van der Waals surface area contributed by atoms with Crippen molar-refractivity contribution in [3.63, 3.8) is 0 Å². The van der Waals surface area contributed by atoms with Crippen LogP contribution in [0.5, 0.6) is 0 Å². The molecule has 0 saturated carbocycles. The molecule has 0 radical (unpaired) electrons. The molecule has 0 fully saturated rings. The van der Waals surface area contributed by atoms with Gasteiger partial charge in [0, 0.05) is 24.7 Å². The molecule has 0 unspecified atom stereocenters. The molecule has 84 valence electrons. The van der Waals surface area contributed by atoms with Gasteiger partial charge in [-0.3, -0.25) is 9.89 Å². The minimum Gasteiger partial charge on any atom is -0.396 e. The maximum atomic E-state index is 11.6. The van der Waals surface area contributed by atoms with Crippen LogP contribution in [0.3, 0.4) is 0 Å². The number of aromatic amines is 1. The monoisotopic (exact) mass is 220 g/mol. The van der Waals surface area contributed by atoms with Gasteiger partial charge in [0.1, 0.15) is 0 Å². The zero-order valence-electron chi connectivity index (χ0n) is 8.60. The molecule has 0 bridgehead atoms. The lowest BCUT2D eigenvalue weighted by Gasteiger charge is -2.03. The first-order valence-corrected chi connectivity index (χ1v) is 4.99. The molecule has 3 N–H and O–H groups in total. The number of rotatable bonds is 4. The Morgan fingerprint density at radius 1 is 1.50 bits per heavy atom. The average molecular weight is 220 g/mol. The van der Waals surface area contributed by atoms with Crippen molar-refractivity contribution in [1.29, 1.82) is 0 Å². The quantitative estimate of drug-likeness (QED) is 0.636. The summed E-state index contributed by atoms with van der Waals surface area (Å²) in [5.74, 6) is -0.191. The summed E-state index contributed by atoms with van der Waals surface area (Å²) in [7, 11) is 0. The Bertz CT molecular complexity index is 494. The van der Waals surface area contributed by atoms with Gasteiger partial charge in [-0.05, 0) is 12.5 Å². The van der Waals surface area contributed by atoms with E-state index in [-0.39, 0.29) is 12.5 Å². The lowest BCUT2D eigenvalue weighted by Crippen LogP contribution is -2.25. The molecule has 0 spiro atoms. The number of nitrogens with zero attached hydrogens (tertiary/aromatic N) is 2. The minimum atomic E-state index is -0.191. The number of aliphatic hydroxyl groups excluding tert-OH is 1. The number of aliphatic hydroxyl groups is 1.